The lowest BCUT2D eigenvalue weighted by Crippen LogP contribution is -2.19. The van der Waals surface area contributed by atoms with E-state index in [9.17, 15) is 0 Å². The maximum Gasteiger partial charge on any atom is 0.229 e. The molecule has 1 fully saturated rings. The van der Waals surface area contributed by atoms with Gasteiger partial charge in [-0.2, -0.15) is 4.98 Å². The molecule has 0 bridgehead atoms. The van der Waals surface area contributed by atoms with Crippen LogP contribution < -0.4 is 19.7 Å². The van der Waals surface area contributed by atoms with Crippen LogP contribution in [0.2, 0.25) is 0 Å². The van der Waals surface area contributed by atoms with Crippen LogP contribution in [0.1, 0.15) is 18.5 Å². The molecular weight excluding hydrogens is 292 g/mol. The van der Waals surface area contributed by atoms with Crippen molar-refractivity contribution in [3.05, 3.63) is 30.0 Å². The molecule has 1 N–H and O–H groups in total. The highest BCUT2D eigenvalue weighted by molar-refractivity contribution is 5.61. The smallest absolute Gasteiger partial charge is 0.229 e. The minimum atomic E-state index is 0.596. The summed E-state index contributed by atoms with van der Waals surface area (Å²) in [5, 5.41) is 3.25. The largest absolute Gasteiger partial charge is 0.493 e. The Morgan fingerprint density at radius 3 is 2.43 bits per heavy atom. The number of hydrogen-bond acceptors (Lipinski definition) is 6. The zero-order valence-corrected chi connectivity index (χ0v) is 13.8. The van der Waals surface area contributed by atoms with Crippen molar-refractivity contribution in [3.63, 3.8) is 0 Å². The van der Waals surface area contributed by atoms with Crippen molar-refractivity contribution >= 4 is 17.5 Å². The predicted octanol–water partition coefficient (Wildman–Crippen LogP) is 3.15. The van der Waals surface area contributed by atoms with Crippen LogP contribution in [0, 0.1) is 6.92 Å². The third-order valence-corrected chi connectivity index (χ3v) is 3.91. The van der Waals surface area contributed by atoms with Gasteiger partial charge >= 0.3 is 0 Å². The summed E-state index contributed by atoms with van der Waals surface area (Å²) >= 11 is 0. The first kappa shape index (κ1) is 15.4. The Labute approximate surface area is 136 Å². The van der Waals surface area contributed by atoms with Gasteiger partial charge in [0.2, 0.25) is 5.95 Å². The van der Waals surface area contributed by atoms with Crippen LogP contribution >= 0.6 is 0 Å². The zero-order chi connectivity index (χ0) is 16.2. The quantitative estimate of drug-likeness (QED) is 0.915. The maximum absolute atomic E-state index is 5.33. The van der Waals surface area contributed by atoms with Crippen molar-refractivity contribution in [3.8, 4) is 11.5 Å². The normalized spacial score (nSPS) is 14.0. The second-order valence-electron chi connectivity index (χ2n) is 5.58. The SMILES string of the molecule is COc1ccc(Nc2nc(C)cc(N3CCCC3)n2)cc1OC. The van der Waals surface area contributed by atoms with Gasteiger partial charge in [0.25, 0.3) is 0 Å². The van der Waals surface area contributed by atoms with E-state index in [-0.39, 0.29) is 0 Å². The molecule has 1 aliphatic heterocycles. The van der Waals surface area contributed by atoms with E-state index in [1.807, 2.05) is 31.2 Å². The van der Waals surface area contributed by atoms with Gasteiger partial charge in [-0.3, -0.25) is 0 Å². The summed E-state index contributed by atoms with van der Waals surface area (Å²) in [6.07, 6.45) is 2.45. The fourth-order valence-electron chi connectivity index (χ4n) is 2.76. The molecule has 0 saturated carbocycles. The Bertz CT molecular complexity index is 684. The average Bonchev–Trinajstić information content (AvgIpc) is 3.08. The maximum atomic E-state index is 5.33. The molecule has 23 heavy (non-hydrogen) atoms. The van der Waals surface area contributed by atoms with Crippen molar-refractivity contribution in [2.45, 2.75) is 19.8 Å². The lowest BCUT2D eigenvalue weighted by atomic mass is 10.2. The number of anilines is 3. The van der Waals surface area contributed by atoms with E-state index >= 15 is 0 Å². The standard InChI is InChI=1S/C17H22N4O2/c1-12-10-16(21-8-4-5-9-21)20-17(18-12)19-13-6-7-14(22-2)15(11-13)23-3/h6-7,10-11H,4-5,8-9H2,1-3H3,(H,18,19,20). The lowest BCUT2D eigenvalue weighted by Gasteiger charge is -2.18. The van der Waals surface area contributed by atoms with Crippen LogP contribution in [0.4, 0.5) is 17.5 Å². The van der Waals surface area contributed by atoms with Crippen molar-refractivity contribution < 1.29 is 9.47 Å². The van der Waals surface area contributed by atoms with Gasteiger partial charge in [-0.25, -0.2) is 4.98 Å². The van der Waals surface area contributed by atoms with Gasteiger partial charge in [0.05, 0.1) is 14.2 Å². The first-order chi connectivity index (χ1) is 11.2. The number of methoxy groups -OCH3 is 2. The molecule has 0 unspecified atom stereocenters. The Balaban J connectivity index is 1.84. The summed E-state index contributed by atoms with van der Waals surface area (Å²) < 4.78 is 10.6. The molecule has 0 aliphatic carbocycles. The van der Waals surface area contributed by atoms with E-state index < -0.39 is 0 Å². The van der Waals surface area contributed by atoms with E-state index in [0.717, 1.165) is 30.3 Å². The fraction of sp³-hybridized carbons (Fsp3) is 0.412. The Hall–Kier alpha value is -2.50. The van der Waals surface area contributed by atoms with Gasteiger partial charge in [0.15, 0.2) is 11.5 Å². The van der Waals surface area contributed by atoms with Gasteiger partial charge in [0, 0.05) is 36.6 Å². The molecule has 1 saturated heterocycles. The summed E-state index contributed by atoms with van der Waals surface area (Å²) in [6, 6.07) is 7.69. The highest BCUT2D eigenvalue weighted by atomic mass is 16.5. The number of aromatic nitrogens is 2. The lowest BCUT2D eigenvalue weighted by molar-refractivity contribution is 0.355. The predicted molar refractivity (Wildman–Crippen MR) is 91.0 cm³/mol. The number of ether oxygens (including phenoxy) is 2. The molecule has 6 nitrogen and oxygen atoms in total. The Kier molecular flexibility index (Phi) is 4.50. The second kappa shape index (κ2) is 6.73. The number of hydrogen-bond donors (Lipinski definition) is 1. The van der Waals surface area contributed by atoms with E-state index in [2.05, 4.69) is 20.2 Å². The van der Waals surface area contributed by atoms with Crippen molar-refractivity contribution in [1.29, 1.82) is 0 Å². The van der Waals surface area contributed by atoms with Crippen LogP contribution in [0.5, 0.6) is 11.5 Å². The summed E-state index contributed by atoms with van der Waals surface area (Å²) in [4.78, 5) is 11.4. The highest BCUT2D eigenvalue weighted by Crippen LogP contribution is 2.31. The molecule has 0 radical (unpaired) electrons. The first-order valence-electron chi connectivity index (χ1n) is 7.79. The summed E-state index contributed by atoms with van der Waals surface area (Å²) in [6.45, 7) is 4.11. The molecule has 1 aromatic carbocycles. The molecule has 3 rings (SSSR count). The molecule has 122 valence electrons. The average molecular weight is 314 g/mol. The van der Waals surface area contributed by atoms with E-state index in [0.29, 0.717) is 17.4 Å². The molecule has 0 atom stereocenters. The number of nitrogens with one attached hydrogen (secondary N) is 1. The van der Waals surface area contributed by atoms with Gasteiger partial charge in [-0.05, 0) is 31.9 Å². The van der Waals surface area contributed by atoms with Crippen LogP contribution in [-0.4, -0.2) is 37.3 Å². The molecule has 1 aliphatic rings. The second-order valence-corrected chi connectivity index (χ2v) is 5.58. The van der Waals surface area contributed by atoms with Crippen LogP contribution in [0.3, 0.4) is 0 Å². The molecule has 6 heteroatoms. The molecule has 0 amide bonds. The van der Waals surface area contributed by atoms with Crippen LogP contribution in [0.15, 0.2) is 24.3 Å². The van der Waals surface area contributed by atoms with Gasteiger partial charge in [-0.15, -0.1) is 0 Å². The molecule has 1 aromatic heterocycles. The Morgan fingerprint density at radius 2 is 1.74 bits per heavy atom. The van der Waals surface area contributed by atoms with E-state index in [4.69, 9.17) is 9.47 Å². The first-order valence-corrected chi connectivity index (χ1v) is 7.79. The van der Waals surface area contributed by atoms with Crippen LogP contribution in [0.25, 0.3) is 0 Å². The van der Waals surface area contributed by atoms with Crippen LogP contribution in [-0.2, 0) is 0 Å². The zero-order valence-electron chi connectivity index (χ0n) is 13.8. The van der Waals surface area contributed by atoms with Crippen molar-refractivity contribution in [2.75, 3.05) is 37.5 Å². The molecule has 0 spiro atoms. The summed E-state index contributed by atoms with van der Waals surface area (Å²) in [5.74, 6) is 2.95. The van der Waals surface area contributed by atoms with E-state index in [1.165, 1.54) is 12.8 Å². The third kappa shape index (κ3) is 3.47. The molecular formula is C17H22N4O2. The van der Waals surface area contributed by atoms with Gasteiger partial charge in [0.1, 0.15) is 5.82 Å². The van der Waals surface area contributed by atoms with E-state index in [1.54, 1.807) is 14.2 Å². The summed E-state index contributed by atoms with van der Waals surface area (Å²) in [7, 11) is 3.24. The van der Waals surface area contributed by atoms with Crippen molar-refractivity contribution in [2.24, 2.45) is 0 Å². The number of nitrogens with zero attached hydrogens (tertiary/aromatic N) is 3. The monoisotopic (exact) mass is 314 g/mol. The minimum Gasteiger partial charge on any atom is -0.493 e. The highest BCUT2D eigenvalue weighted by Gasteiger charge is 2.15. The fourth-order valence-corrected chi connectivity index (χ4v) is 2.76. The summed E-state index contributed by atoms with van der Waals surface area (Å²) in [5.41, 5.74) is 1.81. The van der Waals surface area contributed by atoms with Gasteiger partial charge < -0.3 is 19.7 Å². The number of aryl methyl sites for hydroxylation is 1. The third-order valence-electron chi connectivity index (χ3n) is 3.91. The number of benzene rings is 1. The van der Waals surface area contributed by atoms with Crippen molar-refractivity contribution in [1.82, 2.24) is 9.97 Å². The Morgan fingerprint density at radius 1 is 1.00 bits per heavy atom. The number of rotatable bonds is 5. The van der Waals surface area contributed by atoms with Gasteiger partial charge in [-0.1, -0.05) is 0 Å². The topological polar surface area (TPSA) is 59.5 Å². The minimum absolute atomic E-state index is 0.596. The molecule has 2 aromatic rings. The molecule has 2 heterocycles.